The second kappa shape index (κ2) is 7.52. The van der Waals surface area contributed by atoms with Crippen LogP contribution in [0.2, 0.25) is 10.0 Å². The molecule has 1 N–H and O–H groups in total. The zero-order valence-corrected chi connectivity index (χ0v) is 13.9. The Morgan fingerprint density at radius 2 is 1.74 bits per heavy atom. The van der Waals surface area contributed by atoms with E-state index in [9.17, 15) is 0 Å². The summed E-state index contributed by atoms with van der Waals surface area (Å²) in [6, 6.07) is 6.50. The molecule has 19 heavy (non-hydrogen) atoms. The minimum Gasteiger partial charge on any atom is -0.314 e. The third-order valence-corrected chi connectivity index (χ3v) is 4.69. The minimum atomic E-state index is 0.293. The SMILES string of the molecule is CCC(CC)(CNC(C)C)Cc1ccc(Cl)c(Cl)c1. The Kier molecular flexibility index (Phi) is 6.65. The highest BCUT2D eigenvalue weighted by molar-refractivity contribution is 6.42. The van der Waals surface area contributed by atoms with Gasteiger partial charge in [0.15, 0.2) is 0 Å². The summed E-state index contributed by atoms with van der Waals surface area (Å²) in [5, 5.41) is 4.85. The summed E-state index contributed by atoms with van der Waals surface area (Å²) in [5.74, 6) is 0. The summed E-state index contributed by atoms with van der Waals surface area (Å²) >= 11 is 12.1. The summed E-state index contributed by atoms with van der Waals surface area (Å²) in [5.41, 5.74) is 1.56. The monoisotopic (exact) mass is 301 g/mol. The Balaban J connectivity index is 2.84. The van der Waals surface area contributed by atoms with E-state index in [4.69, 9.17) is 23.2 Å². The Bertz CT molecular complexity index is 398. The lowest BCUT2D eigenvalue weighted by Crippen LogP contribution is -2.38. The van der Waals surface area contributed by atoms with Crippen molar-refractivity contribution in [3.8, 4) is 0 Å². The second-order valence-corrected chi connectivity index (χ2v) is 6.48. The van der Waals surface area contributed by atoms with Gasteiger partial charge in [-0.2, -0.15) is 0 Å². The lowest BCUT2D eigenvalue weighted by molar-refractivity contribution is 0.239. The molecule has 0 aliphatic heterocycles. The Morgan fingerprint density at radius 1 is 1.11 bits per heavy atom. The fourth-order valence-electron chi connectivity index (χ4n) is 2.32. The predicted octanol–water partition coefficient (Wildman–Crippen LogP) is 5.34. The van der Waals surface area contributed by atoms with E-state index in [1.807, 2.05) is 12.1 Å². The average Bonchev–Trinajstić information content (AvgIpc) is 2.39. The molecule has 1 aromatic carbocycles. The fourth-order valence-corrected chi connectivity index (χ4v) is 2.64. The Labute approximate surface area is 127 Å². The topological polar surface area (TPSA) is 12.0 Å². The number of hydrogen-bond donors (Lipinski definition) is 1. The molecule has 0 saturated carbocycles. The molecule has 0 fully saturated rings. The first kappa shape index (κ1) is 16.8. The van der Waals surface area contributed by atoms with Crippen molar-refractivity contribution < 1.29 is 0 Å². The molecular formula is C16H25Cl2N. The van der Waals surface area contributed by atoms with Crippen molar-refractivity contribution in [3.63, 3.8) is 0 Å². The maximum Gasteiger partial charge on any atom is 0.0595 e. The molecule has 1 nitrogen and oxygen atoms in total. The van der Waals surface area contributed by atoms with E-state index in [0.717, 1.165) is 25.8 Å². The van der Waals surface area contributed by atoms with Gasteiger partial charge in [-0.15, -0.1) is 0 Å². The molecule has 0 atom stereocenters. The lowest BCUT2D eigenvalue weighted by atomic mass is 9.76. The molecule has 3 heteroatoms. The van der Waals surface area contributed by atoms with Crippen LogP contribution in [0.4, 0.5) is 0 Å². The van der Waals surface area contributed by atoms with Gasteiger partial charge in [0, 0.05) is 12.6 Å². The quantitative estimate of drug-likeness (QED) is 0.717. The van der Waals surface area contributed by atoms with Crippen molar-refractivity contribution in [2.24, 2.45) is 5.41 Å². The van der Waals surface area contributed by atoms with Gasteiger partial charge in [-0.05, 0) is 42.4 Å². The van der Waals surface area contributed by atoms with Gasteiger partial charge in [-0.25, -0.2) is 0 Å². The largest absolute Gasteiger partial charge is 0.314 e. The molecule has 0 heterocycles. The molecule has 0 spiro atoms. The molecule has 0 radical (unpaired) electrons. The van der Waals surface area contributed by atoms with Crippen LogP contribution in [-0.2, 0) is 6.42 Å². The van der Waals surface area contributed by atoms with Gasteiger partial charge in [-0.1, -0.05) is 57.0 Å². The maximum absolute atomic E-state index is 6.11. The molecule has 0 aliphatic carbocycles. The van der Waals surface area contributed by atoms with E-state index in [2.05, 4.69) is 39.1 Å². The van der Waals surface area contributed by atoms with Gasteiger partial charge in [0.2, 0.25) is 0 Å². The van der Waals surface area contributed by atoms with Crippen molar-refractivity contribution in [1.82, 2.24) is 5.32 Å². The molecule has 0 aromatic heterocycles. The summed E-state index contributed by atoms with van der Waals surface area (Å²) in [7, 11) is 0. The van der Waals surface area contributed by atoms with Gasteiger partial charge in [-0.3, -0.25) is 0 Å². The predicted molar refractivity (Wildman–Crippen MR) is 86.3 cm³/mol. The normalized spacial score (nSPS) is 12.2. The van der Waals surface area contributed by atoms with Crippen molar-refractivity contribution in [2.45, 2.75) is 53.0 Å². The van der Waals surface area contributed by atoms with Crippen LogP contribution in [0.1, 0.15) is 46.1 Å². The second-order valence-electron chi connectivity index (χ2n) is 5.67. The van der Waals surface area contributed by atoms with Crippen LogP contribution in [-0.4, -0.2) is 12.6 Å². The smallest absolute Gasteiger partial charge is 0.0595 e. The van der Waals surface area contributed by atoms with Crippen LogP contribution in [0, 0.1) is 5.41 Å². The van der Waals surface area contributed by atoms with Gasteiger partial charge < -0.3 is 5.32 Å². The fraction of sp³-hybridized carbons (Fsp3) is 0.625. The number of halogens is 2. The van der Waals surface area contributed by atoms with Gasteiger partial charge in [0.25, 0.3) is 0 Å². The van der Waals surface area contributed by atoms with E-state index in [1.54, 1.807) is 0 Å². The van der Waals surface area contributed by atoms with Crippen molar-refractivity contribution >= 4 is 23.2 Å². The third-order valence-electron chi connectivity index (χ3n) is 3.95. The number of benzene rings is 1. The molecule has 0 saturated heterocycles. The molecule has 1 rings (SSSR count). The van der Waals surface area contributed by atoms with E-state index in [1.165, 1.54) is 5.56 Å². The zero-order valence-electron chi connectivity index (χ0n) is 12.4. The van der Waals surface area contributed by atoms with E-state index < -0.39 is 0 Å². The maximum atomic E-state index is 6.11. The molecule has 0 amide bonds. The Morgan fingerprint density at radius 3 is 2.21 bits per heavy atom. The highest BCUT2D eigenvalue weighted by atomic mass is 35.5. The summed E-state index contributed by atoms with van der Waals surface area (Å²) in [6.07, 6.45) is 3.35. The highest BCUT2D eigenvalue weighted by Gasteiger charge is 2.26. The molecular weight excluding hydrogens is 277 g/mol. The van der Waals surface area contributed by atoms with Crippen LogP contribution in [0.25, 0.3) is 0 Å². The molecule has 0 bridgehead atoms. The summed E-state index contributed by atoms with van der Waals surface area (Å²) in [4.78, 5) is 0. The summed E-state index contributed by atoms with van der Waals surface area (Å²) in [6.45, 7) is 9.95. The van der Waals surface area contributed by atoms with Gasteiger partial charge in [0.1, 0.15) is 0 Å². The third kappa shape index (κ3) is 4.98. The van der Waals surface area contributed by atoms with Crippen LogP contribution < -0.4 is 5.32 Å². The first-order valence-electron chi connectivity index (χ1n) is 7.09. The van der Waals surface area contributed by atoms with Crippen LogP contribution in [0.15, 0.2) is 18.2 Å². The van der Waals surface area contributed by atoms with Crippen LogP contribution >= 0.6 is 23.2 Å². The first-order valence-corrected chi connectivity index (χ1v) is 7.85. The summed E-state index contributed by atoms with van der Waals surface area (Å²) < 4.78 is 0. The molecule has 1 aromatic rings. The molecule has 0 aliphatic rings. The number of hydrogen-bond acceptors (Lipinski definition) is 1. The van der Waals surface area contributed by atoms with Crippen LogP contribution in [0.5, 0.6) is 0 Å². The van der Waals surface area contributed by atoms with Crippen molar-refractivity contribution in [2.75, 3.05) is 6.54 Å². The van der Waals surface area contributed by atoms with Gasteiger partial charge in [0.05, 0.1) is 10.0 Å². The zero-order chi connectivity index (χ0) is 14.5. The number of nitrogens with one attached hydrogen (secondary N) is 1. The standard InChI is InChI=1S/C16H25Cl2N/c1-5-16(6-2,11-19-12(3)4)10-13-7-8-14(17)15(18)9-13/h7-9,12,19H,5-6,10-11H2,1-4H3. The number of rotatable bonds is 7. The van der Waals surface area contributed by atoms with Crippen molar-refractivity contribution in [1.29, 1.82) is 0 Å². The van der Waals surface area contributed by atoms with Gasteiger partial charge >= 0.3 is 0 Å². The Hall–Kier alpha value is -0.240. The van der Waals surface area contributed by atoms with E-state index in [-0.39, 0.29) is 0 Å². The minimum absolute atomic E-state index is 0.293. The van der Waals surface area contributed by atoms with E-state index in [0.29, 0.717) is 21.5 Å². The highest BCUT2D eigenvalue weighted by Crippen LogP contribution is 2.32. The lowest BCUT2D eigenvalue weighted by Gasteiger charge is -2.33. The first-order chi connectivity index (χ1) is 8.92. The molecule has 0 unspecified atom stereocenters. The average molecular weight is 302 g/mol. The van der Waals surface area contributed by atoms with E-state index >= 15 is 0 Å². The molecule has 108 valence electrons. The van der Waals surface area contributed by atoms with Crippen molar-refractivity contribution in [3.05, 3.63) is 33.8 Å². The van der Waals surface area contributed by atoms with Crippen LogP contribution in [0.3, 0.4) is 0 Å².